The monoisotopic (exact) mass is 331 g/mol. The van der Waals surface area contributed by atoms with E-state index in [4.69, 9.17) is 5.26 Å². The highest BCUT2D eigenvalue weighted by molar-refractivity contribution is 5.79. The van der Waals surface area contributed by atoms with Crippen molar-refractivity contribution in [3.8, 4) is 6.07 Å². The van der Waals surface area contributed by atoms with E-state index in [1.54, 1.807) is 24.3 Å². The molecule has 0 saturated heterocycles. The van der Waals surface area contributed by atoms with Crippen molar-refractivity contribution in [2.24, 2.45) is 0 Å². The van der Waals surface area contributed by atoms with E-state index in [-0.39, 0.29) is 11.7 Å². The minimum Gasteiger partial charge on any atom is -0.373 e. The van der Waals surface area contributed by atoms with Crippen LogP contribution in [0.5, 0.6) is 0 Å². The topological polar surface area (TPSA) is 82.0 Å². The Hall–Kier alpha value is -3.39. The van der Waals surface area contributed by atoms with Gasteiger partial charge in [0.2, 0.25) is 0 Å². The normalized spacial score (nSPS) is 11.7. The van der Waals surface area contributed by atoms with Gasteiger partial charge in [-0.05, 0) is 36.2 Å². The largest absolute Gasteiger partial charge is 0.373 e. The van der Waals surface area contributed by atoms with Gasteiger partial charge in [-0.2, -0.15) is 5.26 Å². The van der Waals surface area contributed by atoms with E-state index in [2.05, 4.69) is 10.6 Å². The molecule has 0 aliphatic carbocycles. The molecule has 0 radical (unpaired) electrons. The van der Waals surface area contributed by atoms with Crippen LogP contribution in [0.1, 0.15) is 30.5 Å². The lowest BCUT2D eigenvalue weighted by atomic mass is 10.0. The van der Waals surface area contributed by atoms with Gasteiger partial charge in [0, 0.05) is 5.69 Å². The molecule has 5 nitrogen and oxygen atoms in total. The highest BCUT2D eigenvalue weighted by Crippen LogP contribution is 2.27. The fourth-order valence-electron chi connectivity index (χ4n) is 2.70. The van der Waals surface area contributed by atoms with Gasteiger partial charge in [-0.1, -0.05) is 37.3 Å². The summed E-state index contributed by atoms with van der Waals surface area (Å²) >= 11 is 0. The molecule has 1 atom stereocenters. The summed E-state index contributed by atoms with van der Waals surface area (Å²) in [6.45, 7) is 2.02. The van der Waals surface area contributed by atoms with Crippen molar-refractivity contribution in [3.63, 3.8) is 0 Å². The van der Waals surface area contributed by atoms with Crippen LogP contribution in [0.4, 0.5) is 17.1 Å². The Morgan fingerprint density at radius 2 is 1.60 bits per heavy atom. The van der Waals surface area contributed by atoms with Crippen LogP contribution >= 0.6 is 0 Å². The van der Waals surface area contributed by atoms with Crippen LogP contribution in [0.25, 0.3) is 0 Å². The van der Waals surface area contributed by atoms with Crippen LogP contribution in [0, 0.1) is 11.3 Å². The summed E-state index contributed by atoms with van der Waals surface area (Å²) in [5, 5.41) is 15.0. The SMILES string of the molecule is CC[C@@H](Nc1c(Nc2ccc(C#N)cc2)c(=O)c1=O)c1ccccc1. The Morgan fingerprint density at radius 1 is 0.960 bits per heavy atom. The number of benzene rings is 2. The van der Waals surface area contributed by atoms with Gasteiger partial charge >= 0.3 is 0 Å². The van der Waals surface area contributed by atoms with Crippen LogP contribution in [0.3, 0.4) is 0 Å². The highest BCUT2D eigenvalue weighted by atomic mass is 16.2. The lowest BCUT2D eigenvalue weighted by molar-refractivity contribution is 0.747. The summed E-state index contributed by atoms with van der Waals surface area (Å²) < 4.78 is 0. The van der Waals surface area contributed by atoms with Crippen LogP contribution in [-0.2, 0) is 0 Å². The molecule has 2 N–H and O–H groups in total. The maximum atomic E-state index is 12.0. The summed E-state index contributed by atoms with van der Waals surface area (Å²) in [7, 11) is 0. The van der Waals surface area contributed by atoms with Gasteiger partial charge in [-0.25, -0.2) is 0 Å². The average Bonchev–Trinajstić information content (AvgIpc) is 2.68. The summed E-state index contributed by atoms with van der Waals surface area (Å²) in [6, 6.07) is 18.5. The lowest BCUT2D eigenvalue weighted by Gasteiger charge is -2.22. The molecule has 0 spiro atoms. The van der Waals surface area contributed by atoms with E-state index in [0.717, 1.165) is 12.0 Å². The van der Waals surface area contributed by atoms with Crippen LogP contribution in [-0.4, -0.2) is 0 Å². The smallest absolute Gasteiger partial charge is 0.253 e. The Labute approximate surface area is 145 Å². The maximum absolute atomic E-state index is 12.0. The molecule has 0 fully saturated rings. The third-order valence-corrected chi connectivity index (χ3v) is 4.12. The first-order valence-corrected chi connectivity index (χ1v) is 8.06. The summed E-state index contributed by atoms with van der Waals surface area (Å²) in [5.74, 6) is 0. The third-order valence-electron chi connectivity index (χ3n) is 4.12. The summed E-state index contributed by atoms with van der Waals surface area (Å²) in [5.41, 5.74) is 1.78. The first-order valence-electron chi connectivity index (χ1n) is 8.06. The number of rotatable bonds is 6. The molecule has 0 heterocycles. The molecule has 5 heteroatoms. The molecule has 25 heavy (non-hydrogen) atoms. The van der Waals surface area contributed by atoms with Gasteiger partial charge in [0.15, 0.2) is 0 Å². The fourth-order valence-corrected chi connectivity index (χ4v) is 2.70. The van der Waals surface area contributed by atoms with Gasteiger partial charge in [-0.3, -0.25) is 9.59 Å². The molecule has 124 valence electrons. The van der Waals surface area contributed by atoms with Crippen molar-refractivity contribution in [2.75, 3.05) is 10.6 Å². The first kappa shape index (κ1) is 16.5. The number of anilines is 3. The summed E-state index contributed by atoms with van der Waals surface area (Å²) in [6.07, 6.45) is 0.777. The highest BCUT2D eigenvalue weighted by Gasteiger charge is 2.23. The average molecular weight is 331 g/mol. The number of nitrogens with one attached hydrogen (secondary N) is 2. The minimum absolute atomic E-state index is 0.0500. The van der Waals surface area contributed by atoms with E-state index >= 15 is 0 Å². The van der Waals surface area contributed by atoms with Crippen molar-refractivity contribution in [1.29, 1.82) is 5.26 Å². The Morgan fingerprint density at radius 3 is 2.20 bits per heavy atom. The molecule has 0 aromatic heterocycles. The quantitative estimate of drug-likeness (QED) is 0.676. The molecule has 0 amide bonds. The molecule has 0 bridgehead atoms. The van der Waals surface area contributed by atoms with Crippen molar-refractivity contribution in [3.05, 3.63) is 86.2 Å². The van der Waals surface area contributed by atoms with Gasteiger partial charge in [-0.15, -0.1) is 0 Å². The number of hydrogen-bond donors (Lipinski definition) is 2. The zero-order chi connectivity index (χ0) is 17.8. The number of hydrogen-bond acceptors (Lipinski definition) is 5. The molecule has 0 aliphatic rings. The molecule has 3 aromatic carbocycles. The van der Waals surface area contributed by atoms with Gasteiger partial charge in [0.1, 0.15) is 11.4 Å². The summed E-state index contributed by atoms with van der Waals surface area (Å²) in [4.78, 5) is 23.9. The third kappa shape index (κ3) is 3.29. The maximum Gasteiger partial charge on any atom is 0.253 e. The van der Waals surface area contributed by atoms with E-state index in [9.17, 15) is 9.59 Å². The minimum atomic E-state index is -0.533. The molecule has 3 aromatic rings. The molecule has 0 saturated carbocycles. The van der Waals surface area contributed by atoms with Crippen LogP contribution < -0.4 is 21.5 Å². The van der Waals surface area contributed by atoms with Gasteiger partial charge in [0.25, 0.3) is 10.9 Å². The molecular formula is C20H17N3O2. The molecule has 0 unspecified atom stereocenters. The van der Waals surface area contributed by atoms with E-state index < -0.39 is 10.9 Å². The molecular weight excluding hydrogens is 314 g/mol. The lowest BCUT2D eigenvalue weighted by Crippen LogP contribution is -2.37. The molecule has 0 aliphatic heterocycles. The van der Waals surface area contributed by atoms with Crippen LogP contribution in [0.15, 0.2) is 64.2 Å². The predicted octanol–water partition coefficient (Wildman–Crippen LogP) is 3.46. The van der Waals surface area contributed by atoms with Crippen molar-refractivity contribution in [2.45, 2.75) is 19.4 Å². The Bertz CT molecular complexity index is 979. The van der Waals surface area contributed by atoms with Crippen molar-refractivity contribution < 1.29 is 0 Å². The second-order valence-corrected chi connectivity index (χ2v) is 5.74. The standard InChI is InChI=1S/C20H17N3O2/c1-2-16(14-6-4-3-5-7-14)23-18-17(19(24)20(18)25)22-15-10-8-13(12-21)9-11-15/h3-11,16,22-23H,2H2,1H3/t16-/m1/s1. The Balaban J connectivity index is 1.83. The van der Waals surface area contributed by atoms with E-state index in [0.29, 0.717) is 16.9 Å². The fraction of sp³-hybridized carbons (Fsp3) is 0.150. The zero-order valence-electron chi connectivity index (χ0n) is 13.7. The number of nitriles is 1. The second kappa shape index (κ2) is 7.02. The second-order valence-electron chi connectivity index (χ2n) is 5.74. The number of nitrogens with zero attached hydrogens (tertiary/aromatic N) is 1. The van der Waals surface area contributed by atoms with Gasteiger partial charge < -0.3 is 10.6 Å². The van der Waals surface area contributed by atoms with Crippen LogP contribution in [0.2, 0.25) is 0 Å². The predicted molar refractivity (Wildman–Crippen MR) is 98.9 cm³/mol. The van der Waals surface area contributed by atoms with Crippen molar-refractivity contribution >= 4 is 17.1 Å². The van der Waals surface area contributed by atoms with Gasteiger partial charge in [0.05, 0.1) is 17.7 Å². The first-order chi connectivity index (χ1) is 12.1. The molecule has 3 rings (SSSR count). The van der Waals surface area contributed by atoms with E-state index in [1.807, 2.05) is 43.3 Å². The Kier molecular flexibility index (Phi) is 4.62. The zero-order valence-corrected chi connectivity index (χ0v) is 13.7. The van der Waals surface area contributed by atoms with Crippen molar-refractivity contribution in [1.82, 2.24) is 0 Å². The van der Waals surface area contributed by atoms with E-state index in [1.165, 1.54) is 0 Å².